The van der Waals surface area contributed by atoms with Gasteiger partial charge in [-0.25, -0.2) is 4.98 Å². The van der Waals surface area contributed by atoms with Crippen LogP contribution >= 0.6 is 0 Å². The first-order valence-corrected chi connectivity index (χ1v) is 5.93. The summed E-state index contributed by atoms with van der Waals surface area (Å²) in [5.74, 6) is 5.18. The van der Waals surface area contributed by atoms with E-state index in [1.807, 2.05) is 13.8 Å². The Labute approximate surface area is 108 Å². The number of carbonyl (C=O) groups is 1. The molecule has 0 aliphatic carbocycles. The number of rotatable bonds is 3. The van der Waals surface area contributed by atoms with Gasteiger partial charge in [0, 0.05) is 24.8 Å². The Bertz CT molecular complexity index is 457. The maximum absolute atomic E-state index is 12.1. The normalized spacial score (nSPS) is 11.3. The molecule has 0 radical (unpaired) electrons. The van der Waals surface area contributed by atoms with Crippen molar-refractivity contribution in [2.45, 2.75) is 26.3 Å². The van der Waals surface area contributed by atoms with Gasteiger partial charge in [-0.3, -0.25) is 4.79 Å². The van der Waals surface area contributed by atoms with Crippen LogP contribution in [0.25, 0.3) is 0 Å². The first-order valence-electron chi connectivity index (χ1n) is 5.93. The van der Waals surface area contributed by atoms with Crippen LogP contribution in [0.15, 0.2) is 18.3 Å². The fourth-order valence-corrected chi connectivity index (χ4v) is 1.39. The molecule has 96 valence electrons. The van der Waals surface area contributed by atoms with Crippen LogP contribution in [0, 0.1) is 11.8 Å². The summed E-state index contributed by atoms with van der Waals surface area (Å²) in [5, 5.41) is 8.58. The van der Waals surface area contributed by atoms with Crippen molar-refractivity contribution in [1.82, 2.24) is 9.88 Å². The van der Waals surface area contributed by atoms with Gasteiger partial charge in [-0.15, -0.1) is 0 Å². The van der Waals surface area contributed by atoms with Gasteiger partial charge < -0.3 is 10.0 Å². The van der Waals surface area contributed by atoms with Gasteiger partial charge in [-0.1, -0.05) is 18.8 Å². The predicted molar refractivity (Wildman–Crippen MR) is 70.0 cm³/mol. The molecule has 1 unspecified atom stereocenters. The minimum Gasteiger partial charge on any atom is -0.384 e. The standard InChI is InChI=1S/C14H18N2O2/c1-4-11(2)16(3)14(18)13-8-7-12(10-15-13)6-5-9-17/h7-8,10-11,17H,4,9H2,1-3H3. The molecule has 0 aliphatic heterocycles. The van der Waals surface area contributed by atoms with E-state index in [1.165, 1.54) is 0 Å². The second-order valence-corrected chi connectivity index (χ2v) is 4.07. The van der Waals surface area contributed by atoms with Crippen LogP contribution in [-0.2, 0) is 0 Å². The molecule has 1 atom stereocenters. The third-order valence-corrected chi connectivity index (χ3v) is 2.87. The maximum atomic E-state index is 12.1. The van der Waals surface area contributed by atoms with Gasteiger partial charge in [0.05, 0.1) is 0 Å². The summed E-state index contributed by atoms with van der Waals surface area (Å²) < 4.78 is 0. The first-order chi connectivity index (χ1) is 8.60. The fraction of sp³-hybridized carbons (Fsp3) is 0.429. The van der Waals surface area contributed by atoms with Crippen LogP contribution in [0.5, 0.6) is 0 Å². The Morgan fingerprint density at radius 1 is 1.56 bits per heavy atom. The second kappa shape index (κ2) is 6.77. The van der Waals surface area contributed by atoms with E-state index >= 15 is 0 Å². The van der Waals surface area contributed by atoms with Gasteiger partial charge in [0.2, 0.25) is 0 Å². The first kappa shape index (κ1) is 14.2. The number of hydrogen-bond acceptors (Lipinski definition) is 3. The second-order valence-electron chi connectivity index (χ2n) is 4.07. The molecule has 4 nitrogen and oxygen atoms in total. The number of amides is 1. The van der Waals surface area contributed by atoms with Crippen LogP contribution in [0.2, 0.25) is 0 Å². The number of aliphatic hydroxyl groups is 1. The molecule has 4 heteroatoms. The molecular formula is C14H18N2O2. The molecule has 0 bridgehead atoms. The lowest BCUT2D eigenvalue weighted by atomic mass is 10.2. The van der Waals surface area contributed by atoms with E-state index in [2.05, 4.69) is 16.8 Å². The summed E-state index contributed by atoms with van der Waals surface area (Å²) in [6.45, 7) is 3.85. The number of hydrogen-bond donors (Lipinski definition) is 1. The zero-order chi connectivity index (χ0) is 13.5. The van der Waals surface area contributed by atoms with Crippen molar-refractivity contribution in [3.8, 4) is 11.8 Å². The average molecular weight is 246 g/mol. The maximum Gasteiger partial charge on any atom is 0.272 e. The lowest BCUT2D eigenvalue weighted by Crippen LogP contribution is -2.35. The van der Waals surface area contributed by atoms with Gasteiger partial charge >= 0.3 is 0 Å². The molecule has 1 heterocycles. The summed E-state index contributed by atoms with van der Waals surface area (Å²) >= 11 is 0. The van der Waals surface area contributed by atoms with E-state index in [1.54, 1.807) is 30.3 Å². The van der Waals surface area contributed by atoms with Crippen LogP contribution in [0.3, 0.4) is 0 Å². The largest absolute Gasteiger partial charge is 0.384 e. The van der Waals surface area contributed by atoms with Gasteiger partial charge in [-0.2, -0.15) is 0 Å². The number of carbonyl (C=O) groups excluding carboxylic acids is 1. The number of aromatic nitrogens is 1. The van der Waals surface area contributed by atoms with E-state index in [9.17, 15) is 4.79 Å². The minimum absolute atomic E-state index is 0.0917. The van der Waals surface area contributed by atoms with Gasteiger partial charge in [0.25, 0.3) is 5.91 Å². The van der Waals surface area contributed by atoms with Crippen molar-refractivity contribution in [2.75, 3.05) is 13.7 Å². The van der Waals surface area contributed by atoms with Crippen molar-refractivity contribution in [1.29, 1.82) is 0 Å². The summed E-state index contributed by atoms with van der Waals surface area (Å²) in [6, 6.07) is 3.57. The summed E-state index contributed by atoms with van der Waals surface area (Å²) in [6.07, 6.45) is 2.45. The van der Waals surface area contributed by atoms with E-state index in [4.69, 9.17) is 5.11 Å². The van der Waals surface area contributed by atoms with Crippen molar-refractivity contribution in [3.05, 3.63) is 29.6 Å². The Morgan fingerprint density at radius 2 is 2.28 bits per heavy atom. The number of nitrogens with zero attached hydrogens (tertiary/aromatic N) is 2. The molecular weight excluding hydrogens is 228 g/mol. The molecule has 0 aliphatic rings. The SMILES string of the molecule is CCC(C)N(C)C(=O)c1ccc(C#CCO)cn1. The van der Waals surface area contributed by atoms with Gasteiger partial charge in [-0.05, 0) is 25.5 Å². The smallest absolute Gasteiger partial charge is 0.272 e. The molecule has 0 aromatic carbocycles. The highest BCUT2D eigenvalue weighted by molar-refractivity contribution is 5.92. The molecule has 18 heavy (non-hydrogen) atoms. The average Bonchev–Trinajstić information content (AvgIpc) is 2.43. The van der Waals surface area contributed by atoms with E-state index in [0.717, 1.165) is 6.42 Å². The van der Waals surface area contributed by atoms with E-state index in [-0.39, 0.29) is 18.6 Å². The van der Waals surface area contributed by atoms with Crippen molar-refractivity contribution >= 4 is 5.91 Å². The molecule has 0 spiro atoms. The highest BCUT2D eigenvalue weighted by atomic mass is 16.2. The summed E-state index contributed by atoms with van der Waals surface area (Å²) in [5.41, 5.74) is 1.10. The number of aliphatic hydroxyl groups excluding tert-OH is 1. The molecule has 1 rings (SSSR count). The molecule has 0 fully saturated rings. The van der Waals surface area contributed by atoms with Crippen LogP contribution < -0.4 is 0 Å². The zero-order valence-corrected chi connectivity index (χ0v) is 11.0. The molecule has 1 amide bonds. The van der Waals surface area contributed by atoms with Gasteiger partial charge in [0.1, 0.15) is 12.3 Å². The Balaban J connectivity index is 2.82. The Morgan fingerprint density at radius 3 is 2.78 bits per heavy atom. The fourth-order valence-electron chi connectivity index (χ4n) is 1.39. The van der Waals surface area contributed by atoms with E-state index in [0.29, 0.717) is 11.3 Å². The van der Waals surface area contributed by atoms with Crippen LogP contribution in [0.4, 0.5) is 0 Å². The zero-order valence-electron chi connectivity index (χ0n) is 11.0. The molecule has 1 aromatic rings. The van der Waals surface area contributed by atoms with Crippen molar-refractivity contribution < 1.29 is 9.90 Å². The topological polar surface area (TPSA) is 53.4 Å². The third-order valence-electron chi connectivity index (χ3n) is 2.87. The highest BCUT2D eigenvalue weighted by Gasteiger charge is 2.16. The minimum atomic E-state index is -0.183. The quantitative estimate of drug-likeness (QED) is 0.818. The lowest BCUT2D eigenvalue weighted by Gasteiger charge is -2.23. The molecule has 0 saturated carbocycles. The monoisotopic (exact) mass is 246 g/mol. The Hall–Kier alpha value is -1.86. The Kier molecular flexibility index (Phi) is 5.34. The van der Waals surface area contributed by atoms with Gasteiger partial charge in [0.15, 0.2) is 0 Å². The van der Waals surface area contributed by atoms with Crippen LogP contribution in [0.1, 0.15) is 36.3 Å². The van der Waals surface area contributed by atoms with Crippen LogP contribution in [-0.4, -0.2) is 40.6 Å². The van der Waals surface area contributed by atoms with E-state index < -0.39 is 0 Å². The van der Waals surface area contributed by atoms with Crippen molar-refractivity contribution in [3.63, 3.8) is 0 Å². The van der Waals surface area contributed by atoms with Crippen molar-refractivity contribution in [2.24, 2.45) is 0 Å². The highest BCUT2D eigenvalue weighted by Crippen LogP contribution is 2.07. The molecule has 0 saturated heterocycles. The molecule has 1 N–H and O–H groups in total. The summed E-state index contributed by atoms with van der Waals surface area (Å²) in [7, 11) is 1.78. The summed E-state index contributed by atoms with van der Waals surface area (Å²) in [4.78, 5) is 17.8. The number of pyridine rings is 1. The predicted octanol–water partition coefficient (Wildman–Crippen LogP) is 1.30. The molecule has 1 aromatic heterocycles. The third kappa shape index (κ3) is 3.57. The lowest BCUT2D eigenvalue weighted by molar-refractivity contribution is 0.0734.